The third-order valence-corrected chi connectivity index (χ3v) is 2.52. The number of pyridine rings is 1. The van der Waals surface area contributed by atoms with E-state index in [1.807, 2.05) is 6.92 Å². The predicted octanol–water partition coefficient (Wildman–Crippen LogP) is 2.65. The van der Waals surface area contributed by atoms with Crippen molar-refractivity contribution in [1.82, 2.24) is 4.98 Å². The number of aryl methyl sites for hydroxylation is 1. The van der Waals surface area contributed by atoms with Crippen LogP contribution >= 0.6 is 11.6 Å². The van der Waals surface area contributed by atoms with E-state index in [2.05, 4.69) is 10.3 Å². The summed E-state index contributed by atoms with van der Waals surface area (Å²) in [5, 5.41) is 3.24. The van der Waals surface area contributed by atoms with Gasteiger partial charge in [-0.3, -0.25) is 4.79 Å². The van der Waals surface area contributed by atoms with E-state index in [-0.39, 0.29) is 11.8 Å². The van der Waals surface area contributed by atoms with Crippen LogP contribution in [0, 0.1) is 12.8 Å². The molecule has 1 unspecified atom stereocenters. The van der Waals surface area contributed by atoms with Crippen molar-refractivity contribution in [2.24, 2.45) is 5.92 Å². The van der Waals surface area contributed by atoms with Gasteiger partial charge in [-0.2, -0.15) is 0 Å². The average Bonchev–Trinajstić information content (AvgIpc) is 2.22. The molecule has 0 spiro atoms. The molecule has 4 nitrogen and oxygen atoms in total. The van der Waals surface area contributed by atoms with Crippen LogP contribution in [0.1, 0.15) is 19.0 Å². The van der Waals surface area contributed by atoms with E-state index in [0.717, 1.165) is 0 Å². The molecular weight excluding hydrogens is 240 g/mol. The van der Waals surface area contributed by atoms with Gasteiger partial charge in [-0.15, -0.1) is 0 Å². The molecule has 1 N–H and O–H groups in total. The number of nitrogens with one attached hydrogen (secondary N) is 1. The van der Waals surface area contributed by atoms with Gasteiger partial charge < -0.3 is 10.1 Å². The molecule has 0 radical (unpaired) electrons. The Labute approximate surface area is 106 Å². The van der Waals surface area contributed by atoms with Gasteiger partial charge in [-0.1, -0.05) is 18.5 Å². The van der Waals surface area contributed by atoms with E-state index in [4.69, 9.17) is 16.3 Å². The molecule has 1 aromatic rings. The molecule has 5 heteroatoms. The number of hydrogen-bond donors (Lipinski definition) is 1. The molecule has 0 bridgehead atoms. The highest BCUT2D eigenvalue weighted by atomic mass is 35.5. The van der Waals surface area contributed by atoms with E-state index in [1.165, 1.54) is 0 Å². The maximum absolute atomic E-state index is 11.7. The number of anilines is 1. The Balaban J connectivity index is 2.56. The lowest BCUT2D eigenvalue weighted by atomic mass is 10.1. The van der Waals surface area contributed by atoms with Gasteiger partial charge in [0.25, 0.3) is 0 Å². The fraction of sp³-hybridized carbons (Fsp3) is 0.500. The molecule has 1 heterocycles. The molecule has 1 aromatic heterocycles. The fourth-order valence-electron chi connectivity index (χ4n) is 1.52. The zero-order valence-electron chi connectivity index (χ0n) is 10.3. The second-order valence-corrected chi connectivity index (χ2v) is 4.47. The molecule has 1 atom stereocenters. The first-order valence-corrected chi connectivity index (χ1v) is 5.82. The number of carbonyl (C=O) groups is 1. The zero-order valence-corrected chi connectivity index (χ0v) is 11.0. The van der Waals surface area contributed by atoms with Crippen LogP contribution in [-0.4, -0.2) is 24.6 Å². The van der Waals surface area contributed by atoms with Crippen molar-refractivity contribution in [3.05, 3.63) is 23.0 Å². The number of nitrogens with zero attached hydrogens (tertiary/aromatic N) is 1. The highest BCUT2D eigenvalue weighted by Gasteiger charge is 2.10. The maximum atomic E-state index is 11.7. The summed E-state index contributed by atoms with van der Waals surface area (Å²) in [7, 11) is 1.63. The van der Waals surface area contributed by atoms with Crippen LogP contribution < -0.4 is 5.32 Å². The first-order chi connectivity index (χ1) is 8.02. The van der Waals surface area contributed by atoms with Crippen LogP contribution in [0.15, 0.2) is 12.1 Å². The standard InChI is InChI=1S/C12H17ClN2O2/c1-8(7-17-3)6-12(16)15-10-4-5-11(13)14-9(10)2/h4-5,8H,6-7H2,1-3H3,(H,15,16). The van der Waals surface area contributed by atoms with Crippen molar-refractivity contribution in [2.75, 3.05) is 19.0 Å². The summed E-state index contributed by atoms with van der Waals surface area (Å²) in [5.41, 5.74) is 1.41. The first kappa shape index (κ1) is 13.9. The lowest BCUT2D eigenvalue weighted by molar-refractivity contribution is -0.117. The molecule has 0 saturated carbocycles. The molecule has 0 aliphatic heterocycles. The Kier molecular flexibility index (Phi) is 5.38. The third kappa shape index (κ3) is 4.71. The van der Waals surface area contributed by atoms with Crippen LogP contribution in [0.3, 0.4) is 0 Å². The van der Waals surface area contributed by atoms with Crippen LogP contribution in [0.2, 0.25) is 5.15 Å². The SMILES string of the molecule is COCC(C)CC(=O)Nc1ccc(Cl)nc1C. The summed E-state index contributed by atoms with van der Waals surface area (Å²) < 4.78 is 4.98. The van der Waals surface area contributed by atoms with E-state index >= 15 is 0 Å². The predicted molar refractivity (Wildman–Crippen MR) is 68.3 cm³/mol. The van der Waals surface area contributed by atoms with Crippen LogP contribution in [0.25, 0.3) is 0 Å². The van der Waals surface area contributed by atoms with Crippen molar-refractivity contribution in [3.8, 4) is 0 Å². The molecule has 17 heavy (non-hydrogen) atoms. The largest absolute Gasteiger partial charge is 0.384 e. The summed E-state index contributed by atoms with van der Waals surface area (Å²) in [6, 6.07) is 3.41. The van der Waals surface area contributed by atoms with Crippen molar-refractivity contribution in [2.45, 2.75) is 20.3 Å². The molecule has 1 rings (SSSR count). The minimum atomic E-state index is -0.0400. The van der Waals surface area contributed by atoms with Gasteiger partial charge in [0.05, 0.1) is 11.4 Å². The molecule has 0 fully saturated rings. The molecule has 0 aromatic carbocycles. The topological polar surface area (TPSA) is 51.2 Å². The van der Waals surface area contributed by atoms with Gasteiger partial charge in [0.2, 0.25) is 5.91 Å². The minimum absolute atomic E-state index is 0.0400. The summed E-state index contributed by atoms with van der Waals surface area (Å²) in [6.07, 6.45) is 0.426. The zero-order chi connectivity index (χ0) is 12.8. The first-order valence-electron chi connectivity index (χ1n) is 5.45. The fourth-order valence-corrected chi connectivity index (χ4v) is 1.71. The van der Waals surface area contributed by atoms with E-state index < -0.39 is 0 Å². The number of methoxy groups -OCH3 is 1. The number of carbonyl (C=O) groups excluding carboxylic acids is 1. The van der Waals surface area contributed by atoms with Crippen LogP contribution in [0.5, 0.6) is 0 Å². The van der Waals surface area contributed by atoms with Crippen LogP contribution in [0.4, 0.5) is 5.69 Å². The van der Waals surface area contributed by atoms with Crippen molar-refractivity contribution >= 4 is 23.2 Å². The molecule has 0 aliphatic carbocycles. The highest BCUT2D eigenvalue weighted by molar-refractivity contribution is 6.29. The summed E-state index contributed by atoms with van der Waals surface area (Å²) >= 11 is 5.74. The summed E-state index contributed by atoms with van der Waals surface area (Å²) in [4.78, 5) is 15.8. The Morgan fingerprint density at radius 3 is 2.88 bits per heavy atom. The number of aromatic nitrogens is 1. The van der Waals surface area contributed by atoms with Crippen molar-refractivity contribution in [1.29, 1.82) is 0 Å². The lowest BCUT2D eigenvalue weighted by Gasteiger charge is -2.11. The third-order valence-electron chi connectivity index (χ3n) is 2.31. The quantitative estimate of drug-likeness (QED) is 0.824. The van der Waals surface area contributed by atoms with Crippen molar-refractivity contribution < 1.29 is 9.53 Å². The number of ether oxygens (including phenoxy) is 1. The number of halogens is 1. The monoisotopic (exact) mass is 256 g/mol. The van der Waals surface area contributed by atoms with Gasteiger partial charge >= 0.3 is 0 Å². The van der Waals surface area contributed by atoms with E-state index in [0.29, 0.717) is 29.6 Å². The Hall–Kier alpha value is -1.13. The number of hydrogen-bond acceptors (Lipinski definition) is 3. The second kappa shape index (κ2) is 6.57. The number of amides is 1. The summed E-state index contributed by atoms with van der Waals surface area (Å²) in [5.74, 6) is 0.155. The van der Waals surface area contributed by atoms with Gasteiger partial charge in [0.1, 0.15) is 5.15 Å². The Bertz CT molecular complexity index is 396. The minimum Gasteiger partial charge on any atom is -0.384 e. The normalized spacial score (nSPS) is 12.2. The number of rotatable bonds is 5. The Morgan fingerprint density at radius 2 is 2.29 bits per heavy atom. The van der Waals surface area contributed by atoms with Gasteiger partial charge in [-0.25, -0.2) is 4.98 Å². The molecule has 0 aliphatic rings. The van der Waals surface area contributed by atoms with Gasteiger partial charge in [-0.05, 0) is 25.0 Å². The average molecular weight is 257 g/mol. The van der Waals surface area contributed by atoms with E-state index in [9.17, 15) is 4.79 Å². The van der Waals surface area contributed by atoms with E-state index in [1.54, 1.807) is 26.2 Å². The van der Waals surface area contributed by atoms with Crippen LogP contribution in [-0.2, 0) is 9.53 Å². The molecule has 94 valence electrons. The molecule has 0 saturated heterocycles. The van der Waals surface area contributed by atoms with Crippen molar-refractivity contribution in [3.63, 3.8) is 0 Å². The highest BCUT2D eigenvalue weighted by Crippen LogP contribution is 2.16. The second-order valence-electron chi connectivity index (χ2n) is 4.08. The smallest absolute Gasteiger partial charge is 0.224 e. The lowest BCUT2D eigenvalue weighted by Crippen LogP contribution is -2.18. The van der Waals surface area contributed by atoms with Gasteiger partial charge in [0, 0.05) is 20.1 Å². The van der Waals surface area contributed by atoms with Gasteiger partial charge in [0.15, 0.2) is 0 Å². The molecular formula is C12H17ClN2O2. The molecule has 1 amide bonds. The maximum Gasteiger partial charge on any atom is 0.224 e. The Morgan fingerprint density at radius 1 is 1.59 bits per heavy atom. The summed E-state index contributed by atoms with van der Waals surface area (Å²) in [6.45, 7) is 4.35.